The largest absolute Gasteiger partial charge is 0.381 e. The van der Waals surface area contributed by atoms with Crippen LogP contribution in [0, 0.1) is 6.92 Å². The topological polar surface area (TPSA) is 21.3 Å². The Kier molecular flexibility index (Phi) is 6.90. The van der Waals surface area contributed by atoms with Gasteiger partial charge in [0.2, 0.25) is 0 Å². The van der Waals surface area contributed by atoms with Gasteiger partial charge in [-0.05, 0) is 44.4 Å². The molecule has 0 aliphatic carbocycles. The van der Waals surface area contributed by atoms with Crippen LogP contribution in [0.15, 0.2) is 24.3 Å². The van der Waals surface area contributed by atoms with Gasteiger partial charge in [-0.1, -0.05) is 31.2 Å². The number of hydrogen-bond donors (Lipinski definition) is 1. The molecule has 1 N–H and O–H groups in total. The molecule has 1 rings (SSSR count). The van der Waals surface area contributed by atoms with Gasteiger partial charge in [0.25, 0.3) is 0 Å². The molecule has 17 heavy (non-hydrogen) atoms. The minimum absolute atomic E-state index is 0.507. The predicted octanol–water partition coefficient (Wildman–Crippen LogP) is 2.94. The fourth-order valence-electron chi connectivity index (χ4n) is 1.93. The molecule has 0 aliphatic heterocycles. The Morgan fingerprint density at radius 2 is 2.00 bits per heavy atom. The Labute approximate surface area is 105 Å². The minimum atomic E-state index is 0.507. The third-order valence-corrected chi connectivity index (χ3v) is 3.09. The van der Waals surface area contributed by atoms with Gasteiger partial charge < -0.3 is 10.1 Å². The Hall–Kier alpha value is -0.860. The highest BCUT2D eigenvalue weighted by molar-refractivity contribution is 5.26. The van der Waals surface area contributed by atoms with Gasteiger partial charge >= 0.3 is 0 Å². The molecule has 96 valence electrons. The second-order valence-corrected chi connectivity index (χ2v) is 4.52. The smallest absolute Gasteiger partial charge is 0.0480 e. The zero-order valence-electron chi connectivity index (χ0n) is 11.3. The normalized spacial score (nSPS) is 12.6. The molecule has 0 fully saturated rings. The molecule has 0 spiro atoms. The Morgan fingerprint density at radius 3 is 2.65 bits per heavy atom. The van der Waals surface area contributed by atoms with E-state index >= 15 is 0 Å². The second-order valence-electron chi connectivity index (χ2n) is 4.52. The van der Waals surface area contributed by atoms with E-state index in [0.29, 0.717) is 6.04 Å². The van der Waals surface area contributed by atoms with Crippen LogP contribution in [0.25, 0.3) is 0 Å². The summed E-state index contributed by atoms with van der Waals surface area (Å²) in [4.78, 5) is 0. The van der Waals surface area contributed by atoms with Gasteiger partial charge in [0.15, 0.2) is 0 Å². The molecule has 0 heterocycles. The monoisotopic (exact) mass is 235 g/mol. The first-order valence-electron chi connectivity index (χ1n) is 6.57. The summed E-state index contributed by atoms with van der Waals surface area (Å²) in [5, 5.41) is 3.37. The molecule has 0 aliphatic rings. The average Bonchev–Trinajstić information content (AvgIpc) is 2.35. The summed E-state index contributed by atoms with van der Waals surface area (Å²) in [6, 6.07) is 9.11. The number of aryl methyl sites for hydroxylation is 1. The molecule has 0 radical (unpaired) electrons. The van der Waals surface area contributed by atoms with Gasteiger partial charge in [-0.25, -0.2) is 0 Å². The van der Waals surface area contributed by atoms with Crippen LogP contribution >= 0.6 is 0 Å². The van der Waals surface area contributed by atoms with Gasteiger partial charge in [-0.3, -0.25) is 0 Å². The lowest BCUT2D eigenvalue weighted by Crippen LogP contribution is -2.29. The fourth-order valence-corrected chi connectivity index (χ4v) is 1.93. The zero-order chi connectivity index (χ0) is 12.5. The van der Waals surface area contributed by atoms with Crippen LogP contribution in [-0.4, -0.2) is 26.3 Å². The maximum absolute atomic E-state index is 5.54. The van der Waals surface area contributed by atoms with Crippen molar-refractivity contribution >= 4 is 0 Å². The Bertz CT molecular complexity index is 312. The lowest BCUT2D eigenvalue weighted by molar-refractivity contribution is 0.125. The third kappa shape index (κ3) is 5.33. The van der Waals surface area contributed by atoms with Crippen molar-refractivity contribution in [2.24, 2.45) is 0 Å². The number of hydrogen-bond acceptors (Lipinski definition) is 2. The molecule has 1 aromatic carbocycles. The molecule has 0 amide bonds. The average molecular weight is 235 g/mol. The van der Waals surface area contributed by atoms with E-state index in [1.165, 1.54) is 11.1 Å². The standard InChI is InChI=1S/C15H25NO/c1-4-10-17-11-9-15(16-3)12-14-8-6-5-7-13(14)2/h5-8,15-16H,4,9-12H2,1-3H3. The molecule has 1 atom stereocenters. The first-order valence-corrected chi connectivity index (χ1v) is 6.57. The number of likely N-dealkylation sites (N-methyl/N-ethyl adjacent to an activating group) is 1. The predicted molar refractivity (Wildman–Crippen MR) is 73.5 cm³/mol. The summed E-state index contributed by atoms with van der Waals surface area (Å²) >= 11 is 0. The van der Waals surface area contributed by atoms with Crippen molar-refractivity contribution in [2.75, 3.05) is 20.3 Å². The van der Waals surface area contributed by atoms with Crippen molar-refractivity contribution in [2.45, 2.75) is 39.2 Å². The van der Waals surface area contributed by atoms with Crippen molar-refractivity contribution in [1.29, 1.82) is 0 Å². The molecule has 0 bridgehead atoms. The van der Waals surface area contributed by atoms with E-state index in [1.54, 1.807) is 0 Å². The summed E-state index contributed by atoms with van der Waals surface area (Å²) in [5.74, 6) is 0. The zero-order valence-corrected chi connectivity index (χ0v) is 11.3. The minimum Gasteiger partial charge on any atom is -0.381 e. The van der Waals surface area contributed by atoms with Crippen LogP contribution in [0.5, 0.6) is 0 Å². The highest BCUT2D eigenvalue weighted by Gasteiger charge is 2.08. The Morgan fingerprint density at radius 1 is 1.24 bits per heavy atom. The Balaban J connectivity index is 2.38. The summed E-state index contributed by atoms with van der Waals surface area (Å²) < 4.78 is 5.54. The lowest BCUT2D eigenvalue weighted by atomic mass is 10.00. The first kappa shape index (κ1) is 14.2. The van der Waals surface area contributed by atoms with Crippen molar-refractivity contribution in [3.63, 3.8) is 0 Å². The lowest BCUT2D eigenvalue weighted by Gasteiger charge is -2.17. The number of benzene rings is 1. The first-order chi connectivity index (χ1) is 8.27. The summed E-state index contributed by atoms with van der Waals surface area (Å²) in [7, 11) is 2.03. The van der Waals surface area contributed by atoms with Crippen molar-refractivity contribution in [3.05, 3.63) is 35.4 Å². The van der Waals surface area contributed by atoms with Gasteiger partial charge in [0.1, 0.15) is 0 Å². The molecule has 1 unspecified atom stereocenters. The van der Waals surface area contributed by atoms with Gasteiger partial charge in [0.05, 0.1) is 0 Å². The maximum atomic E-state index is 5.54. The quantitative estimate of drug-likeness (QED) is 0.700. The van der Waals surface area contributed by atoms with E-state index in [2.05, 4.69) is 43.4 Å². The molecule has 0 saturated heterocycles. The SMILES string of the molecule is CCCOCCC(Cc1ccccc1C)NC. The molecular formula is C15H25NO. The summed E-state index contributed by atoms with van der Waals surface area (Å²) in [5.41, 5.74) is 2.81. The number of rotatable bonds is 8. The van der Waals surface area contributed by atoms with E-state index in [9.17, 15) is 0 Å². The summed E-state index contributed by atoms with van der Waals surface area (Å²) in [6.45, 7) is 6.05. The van der Waals surface area contributed by atoms with Gasteiger partial charge in [0, 0.05) is 19.3 Å². The van der Waals surface area contributed by atoms with Crippen LogP contribution in [0.1, 0.15) is 30.9 Å². The van der Waals surface area contributed by atoms with E-state index in [4.69, 9.17) is 4.74 Å². The van der Waals surface area contributed by atoms with Crippen molar-refractivity contribution in [1.82, 2.24) is 5.32 Å². The van der Waals surface area contributed by atoms with Crippen LogP contribution in [-0.2, 0) is 11.2 Å². The molecule has 2 heteroatoms. The highest BCUT2D eigenvalue weighted by Crippen LogP contribution is 2.11. The van der Waals surface area contributed by atoms with E-state index < -0.39 is 0 Å². The molecular weight excluding hydrogens is 210 g/mol. The summed E-state index contributed by atoms with van der Waals surface area (Å²) in [6.07, 6.45) is 3.26. The van der Waals surface area contributed by atoms with Crippen molar-refractivity contribution in [3.8, 4) is 0 Å². The van der Waals surface area contributed by atoms with E-state index in [-0.39, 0.29) is 0 Å². The van der Waals surface area contributed by atoms with E-state index in [0.717, 1.165) is 32.5 Å². The van der Waals surface area contributed by atoms with Crippen LogP contribution in [0.2, 0.25) is 0 Å². The van der Waals surface area contributed by atoms with E-state index in [1.807, 2.05) is 7.05 Å². The number of nitrogens with one attached hydrogen (secondary N) is 1. The molecule has 0 saturated carbocycles. The van der Waals surface area contributed by atoms with Gasteiger partial charge in [-0.15, -0.1) is 0 Å². The molecule has 2 nitrogen and oxygen atoms in total. The highest BCUT2D eigenvalue weighted by atomic mass is 16.5. The molecule has 1 aromatic rings. The third-order valence-electron chi connectivity index (χ3n) is 3.09. The van der Waals surface area contributed by atoms with Crippen LogP contribution in [0.4, 0.5) is 0 Å². The fraction of sp³-hybridized carbons (Fsp3) is 0.600. The van der Waals surface area contributed by atoms with Crippen molar-refractivity contribution < 1.29 is 4.74 Å². The molecule has 0 aromatic heterocycles. The van der Waals surface area contributed by atoms with Crippen LogP contribution < -0.4 is 5.32 Å². The maximum Gasteiger partial charge on any atom is 0.0480 e. The van der Waals surface area contributed by atoms with Crippen LogP contribution in [0.3, 0.4) is 0 Å². The van der Waals surface area contributed by atoms with Gasteiger partial charge in [-0.2, -0.15) is 0 Å². The number of ether oxygens (including phenoxy) is 1. The second kappa shape index (κ2) is 8.26.